The summed E-state index contributed by atoms with van der Waals surface area (Å²) in [7, 11) is 0. The van der Waals surface area contributed by atoms with Gasteiger partial charge in [-0.2, -0.15) is 0 Å². The molecule has 0 aromatic rings. The van der Waals surface area contributed by atoms with Crippen LogP contribution in [0.5, 0.6) is 0 Å². The highest BCUT2D eigenvalue weighted by Crippen LogP contribution is 1.83. The van der Waals surface area contributed by atoms with Gasteiger partial charge in [-0.25, -0.2) is 4.39 Å². The predicted molar refractivity (Wildman–Crippen MR) is 41.4 cm³/mol. The molecule has 0 fully saturated rings. The number of nitrogens with two attached hydrogens (primary N) is 1. The normalized spacial score (nSPS) is 21.1. The van der Waals surface area contributed by atoms with Crippen LogP contribution in [0.3, 0.4) is 0 Å². The molecule has 0 bridgehead atoms. The van der Waals surface area contributed by atoms with Crippen LogP contribution in [0.1, 0.15) is 6.92 Å². The first-order chi connectivity index (χ1) is 6.06. The maximum Gasteiger partial charge on any atom is 0.267 e. The standard InChI is InChI=1S/C5H9FN2O.C2H4O2/c6-1-4-2-9-3-5(7)8-4;1-2(3)4/h4H,1-3H2,(H2,7,8);1H3,(H,3,4). The number of alkyl halides is 1. The van der Waals surface area contributed by atoms with Gasteiger partial charge in [0, 0.05) is 5.97 Å². The van der Waals surface area contributed by atoms with Crippen LogP contribution in [0.2, 0.25) is 0 Å². The number of carbonyl (C=O) groups is 1. The first-order valence-corrected chi connectivity index (χ1v) is 3.75. The number of ether oxygens (including phenoxy) is 1. The second-order valence-electron chi connectivity index (χ2n) is 2.53. The van der Waals surface area contributed by atoms with Gasteiger partial charge < -0.3 is 14.6 Å². The molecule has 5 nitrogen and oxygen atoms in total. The van der Waals surface area contributed by atoms with Crippen molar-refractivity contribution in [1.82, 2.24) is 0 Å². The van der Waals surface area contributed by atoms with Gasteiger partial charge in [-0.05, 0) is 6.92 Å². The zero-order valence-corrected chi connectivity index (χ0v) is 7.38. The van der Waals surface area contributed by atoms with E-state index in [1.54, 1.807) is 0 Å². The van der Waals surface area contributed by atoms with Crippen molar-refractivity contribution in [3.05, 3.63) is 0 Å². The smallest absolute Gasteiger partial charge is 0.267 e. The first kappa shape index (κ1) is 11.8. The summed E-state index contributed by atoms with van der Waals surface area (Å²) in [6, 6.07) is -0.237. The molecule has 0 aliphatic carbocycles. The van der Waals surface area contributed by atoms with Crippen molar-refractivity contribution in [3.8, 4) is 0 Å². The summed E-state index contributed by atoms with van der Waals surface area (Å²) in [4.78, 5) is 11.6. The molecule has 0 saturated heterocycles. The van der Waals surface area contributed by atoms with E-state index in [1.807, 2.05) is 0 Å². The Bertz CT molecular complexity index is 192. The van der Waals surface area contributed by atoms with Crippen LogP contribution in [-0.2, 0) is 9.53 Å². The SMILES string of the molecule is CC(=O)[O-].NC1=[NH+]C(CF)COC1. The molecule has 1 atom stereocenters. The molecule has 6 heteroatoms. The van der Waals surface area contributed by atoms with Crippen molar-refractivity contribution in [3.63, 3.8) is 0 Å². The molecule has 1 unspecified atom stereocenters. The molecule has 1 heterocycles. The maximum atomic E-state index is 11.8. The van der Waals surface area contributed by atoms with E-state index >= 15 is 0 Å². The van der Waals surface area contributed by atoms with Gasteiger partial charge in [0.15, 0.2) is 0 Å². The van der Waals surface area contributed by atoms with Crippen molar-refractivity contribution >= 4 is 11.8 Å². The minimum Gasteiger partial charge on any atom is -0.550 e. The third kappa shape index (κ3) is 7.20. The van der Waals surface area contributed by atoms with Crippen LogP contribution >= 0.6 is 0 Å². The summed E-state index contributed by atoms with van der Waals surface area (Å²) in [6.07, 6.45) is 0. The highest BCUT2D eigenvalue weighted by molar-refractivity contribution is 5.75. The van der Waals surface area contributed by atoms with Crippen molar-refractivity contribution in [2.45, 2.75) is 13.0 Å². The third-order valence-electron chi connectivity index (χ3n) is 1.15. The summed E-state index contributed by atoms with van der Waals surface area (Å²) in [5.41, 5.74) is 5.31. The van der Waals surface area contributed by atoms with Crippen LogP contribution in [0.15, 0.2) is 0 Å². The average molecular weight is 192 g/mol. The Kier molecular flexibility index (Phi) is 5.79. The Morgan fingerprint density at radius 1 is 1.92 bits per heavy atom. The number of amidine groups is 1. The van der Waals surface area contributed by atoms with E-state index in [2.05, 4.69) is 4.99 Å². The number of halogens is 1. The number of carboxylic acids is 1. The molecule has 0 saturated carbocycles. The Balaban J connectivity index is 0.000000310. The summed E-state index contributed by atoms with van der Waals surface area (Å²) >= 11 is 0. The maximum absolute atomic E-state index is 11.8. The monoisotopic (exact) mass is 192 g/mol. The minimum absolute atomic E-state index is 0.237. The van der Waals surface area contributed by atoms with Crippen molar-refractivity contribution < 1.29 is 24.0 Å². The summed E-state index contributed by atoms with van der Waals surface area (Å²) in [5.74, 6) is -0.566. The van der Waals surface area contributed by atoms with Gasteiger partial charge >= 0.3 is 0 Å². The lowest BCUT2D eigenvalue weighted by atomic mass is 10.3. The number of carbonyl (C=O) groups excluding carboxylic acids is 1. The van der Waals surface area contributed by atoms with Crippen molar-refractivity contribution in [2.24, 2.45) is 5.73 Å². The quantitative estimate of drug-likeness (QED) is 0.452. The number of hydrogen-bond donors (Lipinski definition) is 2. The molecule has 3 N–H and O–H groups in total. The zero-order chi connectivity index (χ0) is 10.3. The summed E-state index contributed by atoms with van der Waals surface area (Å²) in [5, 5.41) is 8.89. The van der Waals surface area contributed by atoms with Gasteiger partial charge in [-0.1, -0.05) is 0 Å². The van der Waals surface area contributed by atoms with Gasteiger partial charge in [-0.3, -0.25) is 10.7 Å². The molecule has 1 rings (SSSR count). The van der Waals surface area contributed by atoms with E-state index in [9.17, 15) is 4.39 Å². The van der Waals surface area contributed by atoms with Crippen LogP contribution < -0.4 is 15.8 Å². The first-order valence-electron chi connectivity index (χ1n) is 3.75. The predicted octanol–water partition coefficient (Wildman–Crippen LogP) is -3.45. The molecule has 0 aromatic carbocycles. The molecule has 0 amide bonds. The lowest BCUT2D eigenvalue weighted by Crippen LogP contribution is -2.86. The molecule has 76 valence electrons. The van der Waals surface area contributed by atoms with Crippen molar-refractivity contribution in [1.29, 1.82) is 0 Å². The fourth-order valence-corrected chi connectivity index (χ4v) is 0.740. The second-order valence-corrected chi connectivity index (χ2v) is 2.53. The third-order valence-corrected chi connectivity index (χ3v) is 1.15. The van der Waals surface area contributed by atoms with Gasteiger partial charge in [0.2, 0.25) is 0 Å². The highest BCUT2D eigenvalue weighted by atomic mass is 19.1. The van der Waals surface area contributed by atoms with E-state index in [1.165, 1.54) is 0 Å². The van der Waals surface area contributed by atoms with Gasteiger partial charge in [0.1, 0.15) is 19.3 Å². The van der Waals surface area contributed by atoms with Crippen LogP contribution in [0.4, 0.5) is 4.39 Å². The van der Waals surface area contributed by atoms with Gasteiger partial charge in [0.25, 0.3) is 5.84 Å². The molecule has 0 aromatic heterocycles. The molecule has 13 heavy (non-hydrogen) atoms. The van der Waals surface area contributed by atoms with Crippen LogP contribution in [0.25, 0.3) is 0 Å². The Labute approximate surface area is 75.4 Å². The van der Waals surface area contributed by atoms with E-state index in [-0.39, 0.29) is 6.04 Å². The van der Waals surface area contributed by atoms with E-state index < -0.39 is 12.6 Å². The van der Waals surface area contributed by atoms with Crippen LogP contribution in [-0.4, -0.2) is 37.7 Å². The fourth-order valence-electron chi connectivity index (χ4n) is 0.740. The van der Waals surface area contributed by atoms with Gasteiger partial charge in [-0.15, -0.1) is 0 Å². The van der Waals surface area contributed by atoms with Crippen LogP contribution in [0, 0.1) is 0 Å². The van der Waals surface area contributed by atoms with Crippen molar-refractivity contribution in [2.75, 3.05) is 19.9 Å². The number of rotatable bonds is 1. The topological polar surface area (TPSA) is 89.3 Å². The molecular weight excluding hydrogens is 179 g/mol. The Hall–Kier alpha value is -1.17. The molecule has 1 aliphatic rings. The molecule has 0 spiro atoms. The number of hydrogen-bond acceptors (Lipinski definition) is 4. The second kappa shape index (κ2) is 6.36. The largest absolute Gasteiger partial charge is 0.550 e. The van der Waals surface area contributed by atoms with E-state index in [4.69, 9.17) is 20.4 Å². The Morgan fingerprint density at radius 2 is 2.46 bits per heavy atom. The van der Waals surface area contributed by atoms with Gasteiger partial charge in [0.05, 0.1) is 6.61 Å². The summed E-state index contributed by atoms with van der Waals surface area (Å²) < 4.78 is 16.8. The summed E-state index contributed by atoms with van der Waals surface area (Å²) in [6.45, 7) is 1.36. The zero-order valence-electron chi connectivity index (χ0n) is 7.38. The lowest BCUT2D eigenvalue weighted by molar-refractivity contribution is -0.520. The Morgan fingerprint density at radius 3 is 2.77 bits per heavy atom. The minimum atomic E-state index is -1.08. The molecular formula is C7H13FN2O3. The van der Waals surface area contributed by atoms with E-state index in [0.29, 0.717) is 19.0 Å². The number of nitrogens with one attached hydrogen (secondary N) is 1. The van der Waals surface area contributed by atoms with E-state index in [0.717, 1.165) is 6.92 Å². The molecule has 0 radical (unpaired) electrons. The number of aliphatic carboxylic acids is 1. The fraction of sp³-hybridized carbons (Fsp3) is 0.714. The highest BCUT2D eigenvalue weighted by Gasteiger charge is 2.16. The number of carboxylic acid groups (broad SMARTS) is 1. The lowest BCUT2D eigenvalue weighted by Gasteiger charge is -2.11. The molecule has 1 aliphatic heterocycles. The average Bonchev–Trinajstić information content (AvgIpc) is 2.03.